The highest BCUT2D eigenvalue weighted by Crippen LogP contribution is 2.44. The lowest BCUT2D eigenvalue weighted by molar-refractivity contribution is 0.0972. The number of carbonyl (C=O) groups is 1. The number of hydrogen-bond donors (Lipinski definition) is 1. The number of benzene rings is 1. The summed E-state index contributed by atoms with van der Waals surface area (Å²) in [5.41, 5.74) is 0.173. The average molecular weight is 395 g/mol. The fourth-order valence-electron chi connectivity index (χ4n) is 3.46. The number of phenols is 1. The molecule has 0 aromatic heterocycles. The predicted molar refractivity (Wildman–Crippen MR) is 113 cm³/mol. The zero-order valence-corrected chi connectivity index (χ0v) is 18.1. The second kappa shape index (κ2) is 14.1. The topological polar surface area (TPSA) is 65.0 Å². The molecule has 0 aliphatic heterocycles. The van der Waals surface area contributed by atoms with Gasteiger partial charge >= 0.3 is 0 Å². The summed E-state index contributed by atoms with van der Waals surface area (Å²) in [4.78, 5) is 12.6. The largest absolute Gasteiger partial charge is 0.504 e. The van der Waals surface area contributed by atoms with Gasteiger partial charge < -0.3 is 19.3 Å². The minimum atomic E-state index is -0.216. The van der Waals surface area contributed by atoms with Crippen molar-refractivity contribution in [1.82, 2.24) is 0 Å². The first kappa shape index (κ1) is 24.1. The van der Waals surface area contributed by atoms with Gasteiger partial charge in [-0.15, -0.1) is 0 Å². The molecule has 28 heavy (non-hydrogen) atoms. The van der Waals surface area contributed by atoms with Crippen LogP contribution in [0, 0.1) is 0 Å². The zero-order chi connectivity index (χ0) is 20.8. The molecule has 0 atom stereocenters. The molecular weight excluding hydrogens is 356 g/mol. The molecule has 1 aromatic rings. The van der Waals surface area contributed by atoms with Crippen LogP contribution in [-0.2, 0) is 0 Å². The lowest BCUT2D eigenvalue weighted by atomic mass is 10.0. The van der Waals surface area contributed by atoms with E-state index < -0.39 is 0 Å². The van der Waals surface area contributed by atoms with Gasteiger partial charge in [0.2, 0.25) is 5.75 Å². The molecule has 1 aromatic carbocycles. The van der Waals surface area contributed by atoms with Gasteiger partial charge in [-0.25, -0.2) is 0 Å². The van der Waals surface area contributed by atoms with Crippen molar-refractivity contribution in [2.75, 3.05) is 21.3 Å². The van der Waals surface area contributed by atoms with Gasteiger partial charge in [-0.05, 0) is 6.42 Å². The van der Waals surface area contributed by atoms with Crippen molar-refractivity contribution in [1.29, 1.82) is 0 Å². The Morgan fingerprint density at radius 3 is 1.75 bits per heavy atom. The number of hydrogen-bond acceptors (Lipinski definition) is 5. The third-order valence-corrected chi connectivity index (χ3v) is 5.11. The molecular formula is C23H38O5. The molecule has 0 spiro atoms. The van der Waals surface area contributed by atoms with Crippen molar-refractivity contribution in [3.63, 3.8) is 0 Å². The fraction of sp³-hybridized carbons (Fsp3) is 0.696. The Morgan fingerprint density at radius 2 is 1.29 bits per heavy atom. The molecule has 0 heterocycles. The van der Waals surface area contributed by atoms with Crippen LogP contribution in [0.2, 0.25) is 0 Å². The number of unbranched alkanes of at least 4 members (excludes halogenated alkanes) is 10. The van der Waals surface area contributed by atoms with Crippen LogP contribution in [0.25, 0.3) is 0 Å². The summed E-state index contributed by atoms with van der Waals surface area (Å²) in [6.07, 6.45) is 13.9. The van der Waals surface area contributed by atoms with Gasteiger partial charge in [0.1, 0.15) is 11.3 Å². The Bertz CT molecular complexity index is 583. The van der Waals surface area contributed by atoms with Crippen LogP contribution < -0.4 is 14.2 Å². The average Bonchev–Trinajstić information content (AvgIpc) is 2.70. The molecule has 0 aliphatic carbocycles. The molecule has 0 unspecified atom stereocenters. The lowest BCUT2D eigenvalue weighted by Gasteiger charge is -2.15. The summed E-state index contributed by atoms with van der Waals surface area (Å²) in [6, 6.07) is 1.58. The standard InChI is InChI=1S/C23H38O5/c1-5-6-7-8-9-10-11-12-13-14-15-16-18(24)21-19(26-2)17-20(27-3)23(28-4)22(21)25/h17,25H,5-16H2,1-4H3. The van der Waals surface area contributed by atoms with Crippen LogP contribution in [-0.4, -0.2) is 32.2 Å². The van der Waals surface area contributed by atoms with E-state index >= 15 is 0 Å². The van der Waals surface area contributed by atoms with Crippen LogP contribution >= 0.6 is 0 Å². The van der Waals surface area contributed by atoms with Crippen LogP contribution in [0.3, 0.4) is 0 Å². The normalized spacial score (nSPS) is 10.7. The highest BCUT2D eigenvalue weighted by atomic mass is 16.5. The monoisotopic (exact) mass is 394 g/mol. The van der Waals surface area contributed by atoms with Crippen molar-refractivity contribution >= 4 is 5.78 Å². The van der Waals surface area contributed by atoms with E-state index in [1.54, 1.807) is 6.07 Å². The number of ketones is 1. The van der Waals surface area contributed by atoms with Crippen molar-refractivity contribution in [3.05, 3.63) is 11.6 Å². The van der Waals surface area contributed by atoms with E-state index in [0.717, 1.165) is 19.3 Å². The third kappa shape index (κ3) is 7.61. The van der Waals surface area contributed by atoms with Gasteiger partial charge in [0.25, 0.3) is 0 Å². The first-order valence-corrected chi connectivity index (χ1v) is 10.7. The maximum absolute atomic E-state index is 12.6. The third-order valence-electron chi connectivity index (χ3n) is 5.11. The SMILES string of the molecule is CCCCCCCCCCCCCC(=O)c1c(OC)cc(OC)c(OC)c1O. The van der Waals surface area contributed by atoms with Crippen LogP contribution in [0.15, 0.2) is 6.07 Å². The van der Waals surface area contributed by atoms with Crippen molar-refractivity contribution < 1.29 is 24.1 Å². The van der Waals surface area contributed by atoms with E-state index in [-0.39, 0.29) is 22.8 Å². The number of Topliss-reactive ketones (excluding diaryl/α,β-unsaturated/α-hetero) is 1. The Morgan fingerprint density at radius 1 is 0.786 bits per heavy atom. The highest BCUT2D eigenvalue weighted by molar-refractivity contribution is 6.02. The molecule has 1 N–H and O–H groups in total. The van der Waals surface area contributed by atoms with Crippen molar-refractivity contribution in [3.8, 4) is 23.0 Å². The van der Waals surface area contributed by atoms with Gasteiger partial charge in [0, 0.05) is 12.5 Å². The first-order chi connectivity index (χ1) is 13.6. The summed E-state index contributed by atoms with van der Waals surface area (Å²) >= 11 is 0. The molecule has 0 saturated heterocycles. The number of carbonyl (C=O) groups excluding carboxylic acids is 1. The lowest BCUT2D eigenvalue weighted by Crippen LogP contribution is -2.05. The Balaban J connectivity index is 2.39. The van der Waals surface area contributed by atoms with Crippen LogP contribution in [0.4, 0.5) is 0 Å². The highest BCUT2D eigenvalue weighted by Gasteiger charge is 2.24. The van der Waals surface area contributed by atoms with Crippen molar-refractivity contribution in [2.45, 2.75) is 84.0 Å². The number of aromatic hydroxyl groups is 1. The summed E-state index contributed by atoms with van der Waals surface area (Å²) in [5, 5.41) is 10.5. The molecule has 0 fully saturated rings. The maximum Gasteiger partial charge on any atom is 0.204 e. The number of methoxy groups -OCH3 is 3. The molecule has 0 amide bonds. The molecule has 5 nitrogen and oxygen atoms in total. The van der Waals surface area contributed by atoms with E-state index in [1.165, 1.54) is 72.7 Å². The molecule has 5 heteroatoms. The van der Waals surface area contributed by atoms with Gasteiger partial charge in [-0.1, -0.05) is 71.1 Å². The molecule has 0 aliphatic rings. The summed E-state index contributed by atoms with van der Waals surface area (Å²) in [6.45, 7) is 2.24. The first-order valence-electron chi connectivity index (χ1n) is 10.7. The number of ether oxygens (including phenoxy) is 3. The van der Waals surface area contributed by atoms with E-state index in [0.29, 0.717) is 17.9 Å². The Kier molecular flexibility index (Phi) is 12.2. The molecule has 0 radical (unpaired) electrons. The van der Waals surface area contributed by atoms with E-state index in [1.807, 2.05) is 0 Å². The minimum Gasteiger partial charge on any atom is -0.504 e. The minimum absolute atomic E-state index is 0.133. The summed E-state index contributed by atoms with van der Waals surface area (Å²) < 4.78 is 15.7. The van der Waals surface area contributed by atoms with Crippen molar-refractivity contribution in [2.24, 2.45) is 0 Å². The number of phenolic OH excluding ortho intramolecular Hbond substituents is 1. The predicted octanol–water partition coefficient (Wildman–Crippen LogP) is 6.30. The maximum atomic E-state index is 12.6. The smallest absolute Gasteiger partial charge is 0.204 e. The summed E-state index contributed by atoms with van der Waals surface area (Å²) in [5.74, 6) is 0.454. The van der Waals surface area contributed by atoms with E-state index in [9.17, 15) is 9.90 Å². The Labute approximate surface area is 170 Å². The molecule has 0 bridgehead atoms. The van der Waals surface area contributed by atoms with E-state index in [2.05, 4.69) is 6.92 Å². The van der Waals surface area contributed by atoms with Gasteiger partial charge in [-0.2, -0.15) is 0 Å². The summed E-state index contributed by atoms with van der Waals surface area (Å²) in [7, 11) is 4.38. The van der Waals surface area contributed by atoms with Gasteiger partial charge in [0.05, 0.1) is 21.3 Å². The zero-order valence-electron chi connectivity index (χ0n) is 18.1. The molecule has 1 rings (SSSR count). The fourth-order valence-corrected chi connectivity index (χ4v) is 3.46. The second-order valence-electron chi connectivity index (χ2n) is 7.25. The van der Waals surface area contributed by atoms with Gasteiger partial charge in [0.15, 0.2) is 17.3 Å². The quantitative estimate of drug-likeness (QED) is 0.263. The molecule has 0 saturated carbocycles. The molecule has 160 valence electrons. The number of rotatable bonds is 16. The van der Waals surface area contributed by atoms with Crippen LogP contribution in [0.1, 0.15) is 94.3 Å². The second-order valence-corrected chi connectivity index (χ2v) is 7.25. The van der Waals surface area contributed by atoms with E-state index in [4.69, 9.17) is 14.2 Å². The van der Waals surface area contributed by atoms with Crippen LogP contribution in [0.5, 0.6) is 23.0 Å². The Hall–Kier alpha value is -1.91. The van der Waals surface area contributed by atoms with Gasteiger partial charge in [-0.3, -0.25) is 4.79 Å².